The maximum Gasteiger partial charge on any atom is 0.272 e. The van der Waals surface area contributed by atoms with Crippen LogP contribution < -0.4 is 5.32 Å². The number of carbonyl (C=O) groups excluding carboxylic acids is 2. The Morgan fingerprint density at radius 1 is 1.15 bits per heavy atom. The summed E-state index contributed by atoms with van der Waals surface area (Å²) in [6.45, 7) is 0. The zero-order valence-electron chi connectivity index (χ0n) is 10.5. The van der Waals surface area contributed by atoms with Crippen LogP contribution in [0.15, 0.2) is 48.7 Å². The average Bonchev–Trinajstić information content (AvgIpc) is 2.97. The zero-order valence-corrected chi connectivity index (χ0v) is 10.5. The third-order valence-electron chi connectivity index (χ3n) is 2.96. The normalized spacial score (nSPS) is 10.4. The summed E-state index contributed by atoms with van der Waals surface area (Å²) in [5.41, 5.74) is 2.06. The first-order chi connectivity index (χ1) is 9.78. The maximum absolute atomic E-state index is 12.1. The van der Waals surface area contributed by atoms with Gasteiger partial charge in [0.05, 0.1) is 16.9 Å². The van der Waals surface area contributed by atoms with E-state index in [-0.39, 0.29) is 5.91 Å². The SMILES string of the molecule is O=Cc1ccc(C(=O)Nc2cccc3cccnc23)[nH]1. The van der Waals surface area contributed by atoms with Crippen molar-refractivity contribution in [2.45, 2.75) is 0 Å². The molecule has 1 amide bonds. The lowest BCUT2D eigenvalue weighted by molar-refractivity contribution is 0.102. The van der Waals surface area contributed by atoms with Crippen LogP contribution in [0, 0.1) is 0 Å². The first-order valence-corrected chi connectivity index (χ1v) is 6.07. The molecule has 20 heavy (non-hydrogen) atoms. The molecule has 2 aromatic heterocycles. The number of pyridine rings is 1. The molecule has 98 valence electrons. The van der Waals surface area contributed by atoms with Gasteiger partial charge in [0, 0.05) is 11.6 Å². The van der Waals surface area contributed by atoms with Crippen molar-refractivity contribution in [2.24, 2.45) is 0 Å². The number of rotatable bonds is 3. The number of aromatic amines is 1. The van der Waals surface area contributed by atoms with Gasteiger partial charge in [0.25, 0.3) is 5.91 Å². The summed E-state index contributed by atoms with van der Waals surface area (Å²) in [6.07, 6.45) is 2.34. The number of nitrogens with one attached hydrogen (secondary N) is 2. The Morgan fingerprint density at radius 2 is 2.00 bits per heavy atom. The van der Waals surface area contributed by atoms with Crippen LogP contribution in [0.2, 0.25) is 0 Å². The second-order valence-corrected chi connectivity index (χ2v) is 4.28. The minimum Gasteiger partial charge on any atom is -0.348 e. The van der Waals surface area contributed by atoms with E-state index >= 15 is 0 Å². The first-order valence-electron chi connectivity index (χ1n) is 6.07. The number of para-hydroxylation sites is 1. The van der Waals surface area contributed by atoms with E-state index in [4.69, 9.17) is 0 Å². The van der Waals surface area contributed by atoms with Crippen molar-refractivity contribution in [1.82, 2.24) is 9.97 Å². The molecule has 0 aliphatic carbocycles. The number of benzene rings is 1. The number of hydrogen-bond donors (Lipinski definition) is 2. The second kappa shape index (κ2) is 4.97. The molecule has 0 unspecified atom stereocenters. The average molecular weight is 265 g/mol. The lowest BCUT2D eigenvalue weighted by atomic mass is 10.2. The fourth-order valence-corrected chi connectivity index (χ4v) is 2.01. The van der Waals surface area contributed by atoms with Gasteiger partial charge in [-0.05, 0) is 24.3 Å². The standard InChI is InChI=1S/C15H11N3O2/c19-9-11-6-7-13(17-11)15(20)18-12-5-1-3-10-4-2-8-16-14(10)12/h1-9,17H,(H,18,20). The Kier molecular flexibility index (Phi) is 3.01. The number of amides is 1. The molecule has 3 aromatic rings. The van der Waals surface area contributed by atoms with Crippen molar-refractivity contribution in [1.29, 1.82) is 0 Å². The van der Waals surface area contributed by atoms with Gasteiger partial charge in [-0.15, -0.1) is 0 Å². The highest BCUT2D eigenvalue weighted by Gasteiger charge is 2.10. The topological polar surface area (TPSA) is 74.8 Å². The summed E-state index contributed by atoms with van der Waals surface area (Å²) in [4.78, 5) is 29.7. The molecule has 0 saturated heterocycles. The van der Waals surface area contributed by atoms with Crippen LogP contribution in [0.4, 0.5) is 5.69 Å². The molecule has 0 saturated carbocycles. The summed E-state index contributed by atoms with van der Waals surface area (Å²) in [7, 11) is 0. The fraction of sp³-hybridized carbons (Fsp3) is 0. The molecule has 5 heteroatoms. The lowest BCUT2D eigenvalue weighted by Crippen LogP contribution is -2.12. The third kappa shape index (κ3) is 2.16. The van der Waals surface area contributed by atoms with Crippen LogP contribution in [0.25, 0.3) is 10.9 Å². The fourth-order valence-electron chi connectivity index (χ4n) is 2.01. The van der Waals surface area contributed by atoms with Gasteiger partial charge in [-0.3, -0.25) is 14.6 Å². The van der Waals surface area contributed by atoms with E-state index in [2.05, 4.69) is 15.3 Å². The quantitative estimate of drug-likeness (QED) is 0.715. The molecule has 2 N–H and O–H groups in total. The molecular formula is C15H11N3O2. The van der Waals surface area contributed by atoms with Crippen molar-refractivity contribution < 1.29 is 9.59 Å². The molecule has 3 rings (SSSR count). The summed E-state index contributed by atoms with van der Waals surface area (Å²) < 4.78 is 0. The smallest absolute Gasteiger partial charge is 0.272 e. The van der Waals surface area contributed by atoms with Crippen LogP contribution in [0.1, 0.15) is 21.0 Å². The molecule has 5 nitrogen and oxygen atoms in total. The number of hydrogen-bond acceptors (Lipinski definition) is 3. The highest BCUT2D eigenvalue weighted by molar-refractivity contribution is 6.07. The molecule has 2 heterocycles. The molecule has 0 aliphatic rings. The first kappa shape index (κ1) is 12.1. The predicted octanol–water partition coefficient (Wildman–Crippen LogP) is 2.63. The van der Waals surface area contributed by atoms with Crippen LogP contribution >= 0.6 is 0 Å². The van der Waals surface area contributed by atoms with Gasteiger partial charge < -0.3 is 10.3 Å². The molecule has 1 aromatic carbocycles. The van der Waals surface area contributed by atoms with E-state index in [0.29, 0.717) is 23.4 Å². The van der Waals surface area contributed by atoms with Crippen molar-refractivity contribution in [3.63, 3.8) is 0 Å². The van der Waals surface area contributed by atoms with Crippen molar-refractivity contribution in [2.75, 3.05) is 5.32 Å². The van der Waals surface area contributed by atoms with Gasteiger partial charge in [0.1, 0.15) is 5.69 Å². The molecule has 0 bridgehead atoms. The molecule has 0 radical (unpaired) electrons. The van der Waals surface area contributed by atoms with Gasteiger partial charge >= 0.3 is 0 Å². The van der Waals surface area contributed by atoms with E-state index in [1.807, 2.05) is 24.3 Å². The third-order valence-corrected chi connectivity index (χ3v) is 2.96. The predicted molar refractivity (Wildman–Crippen MR) is 75.9 cm³/mol. The molecular weight excluding hydrogens is 254 g/mol. The number of anilines is 1. The summed E-state index contributed by atoms with van der Waals surface area (Å²) in [5, 5.41) is 3.74. The van der Waals surface area contributed by atoms with Crippen LogP contribution in [0.3, 0.4) is 0 Å². The van der Waals surface area contributed by atoms with E-state index in [1.54, 1.807) is 24.4 Å². The number of nitrogens with zero attached hydrogens (tertiary/aromatic N) is 1. The Hall–Kier alpha value is -2.95. The summed E-state index contributed by atoms with van der Waals surface area (Å²) >= 11 is 0. The van der Waals surface area contributed by atoms with Crippen LogP contribution in [-0.4, -0.2) is 22.2 Å². The zero-order chi connectivity index (χ0) is 13.9. The highest BCUT2D eigenvalue weighted by atomic mass is 16.2. The number of fused-ring (bicyclic) bond motifs is 1. The second-order valence-electron chi connectivity index (χ2n) is 4.28. The van der Waals surface area contributed by atoms with Crippen molar-refractivity contribution in [3.8, 4) is 0 Å². The number of carbonyl (C=O) groups is 2. The molecule has 0 fully saturated rings. The van der Waals surface area contributed by atoms with E-state index in [0.717, 1.165) is 10.9 Å². The minimum absolute atomic E-state index is 0.309. The van der Waals surface area contributed by atoms with E-state index in [9.17, 15) is 9.59 Å². The molecule has 0 spiro atoms. The summed E-state index contributed by atoms with van der Waals surface area (Å²) in [5.74, 6) is -0.309. The Morgan fingerprint density at radius 3 is 2.80 bits per heavy atom. The molecule has 0 aliphatic heterocycles. The van der Waals surface area contributed by atoms with Crippen molar-refractivity contribution in [3.05, 3.63) is 60.0 Å². The lowest BCUT2D eigenvalue weighted by Gasteiger charge is -2.06. The van der Waals surface area contributed by atoms with Gasteiger partial charge in [-0.2, -0.15) is 0 Å². The Balaban J connectivity index is 1.93. The van der Waals surface area contributed by atoms with Crippen LogP contribution in [-0.2, 0) is 0 Å². The Labute approximate surface area is 114 Å². The monoisotopic (exact) mass is 265 g/mol. The van der Waals surface area contributed by atoms with Gasteiger partial charge in [0.2, 0.25) is 0 Å². The van der Waals surface area contributed by atoms with Gasteiger partial charge in [-0.1, -0.05) is 18.2 Å². The molecule has 0 atom stereocenters. The number of H-pyrrole nitrogens is 1. The number of aromatic nitrogens is 2. The highest BCUT2D eigenvalue weighted by Crippen LogP contribution is 2.21. The van der Waals surface area contributed by atoms with E-state index in [1.165, 1.54) is 0 Å². The maximum atomic E-state index is 12.1. The largest absolute Gasteiger partial charge is 0.348 e. The van der Waals surface area contributed by atoms with E-state index < -0.39 is 0 Å². The van der Waals surface area contributed by atoms with Crippen molar-refractivity contribution >= 4 is 28.8 Å². The number of aldehydes is 1. The Bertz CT molecular complexity index is 787. The van der Waals surface area contributed by atoms with Gasteiger partial charge in [-0.25, -0.2) is 0 Å². The minimum atomic E-state index is -0.309. The van der Waals surface area contributed by atoms with Gasteiger partial charge in [0.15, 0.2) is 6.29 Å². The summed E-state index contributed by atoms with van der Waals surface area (Å²) in [6, 6.07) is 12.5. The van der Waals surface area contributed by atoms with Crippen LogP contribution in [0.5, 0.6) is 0 Å².